The third-order valence-corrected chi connectivity index (χ3v) is 5.82. The Balaban J connectivity index is 1.89. The van der Waals surface area contributed by atoms with Crippen LogP contribution in [-0.2, 0) is 5.41 Å². The number of benzene rings is 3. The molecule has 1 aromatic heterocycles. The van der Waals surface area contributed by atoms with Gasteiger partial charge in [-0.1, -0.05) is 45.0 Å². The third-order valence-electron chi connectivity index (χ3n) is 5.82. The molecule has 1 heterocycles. The second kappa shape index (κ2) is 9.30. The standard InChI is InChI=1S/C28H26FN3O4/c1-16(33)32-15-21(19-10-5-6-11-23(19)32)26(34)31-25-22(30-18-9-7-8-17(29)14-18)13-12-20(27(35)36)24(25)28(2,3)4/h5-15,30H,1-4H3,(H,31,34)(H,35,36). The lowest BCUT2D eigenvalue weighted by molar-refractivity contribution is 0.0693. The summed E-state index contributed by atoms with van der Waals surface area (Å²) in [4.78, 5) is 37.9. The first kappa shape index (κ1) is 24.7. The summed E-state index contributed by atoms with van der Waals surface area (Å²) in [6, 6.07) is 15.9. The maximum atomic E-state index is 13.8. The topological polar surface area (TPSA) is 100 Å². The number of para-hydroxylation sites is 1. The molecular weight excluding hydrogens is 461 g/mol. The van der Waals surface area contributed by atoms with Crippen molar-refractivity contribution in [1.29, 1.82) is 0 Å². The minimum absolute atomic E-state index is 0.0359. The van der Waals surface area contributed by atoms with Gasteiger partial charge in [-0.3, -0.25) is 14.2 Å². The molecule has 4 rings (SSSR count). The number of hydrogen-bond donors (Lipinski definition) is 3. The number of nitrogens with zero attached hydrogens (tertiary/aromatic N) is 1. The maximum absolute atomic E-state index is 13.8. The molecular formula is C28H26FN3O4. The molecule has 7 nitrogen and oxygen atoms in total. The largest absolute Gasteiger partial charge is 0.478 e. The van der Waals surface area contributed by atoms with Gasteiger partial charge in [-0.2, -0.15) is 0 Å². The van der Waals surface area contributed by atoms with Gasteiger partial charge in [0.15, 0.2) is 0 Å². The van der Waals surface area contributed by atoms with Gasteiger partial charge >= 0.3 is 5.97 Å². The van der Waals surface area contributed by atoms with Gasteiger partial charge in [0, 0.05) is 24.2 Å². The van der Waals surface area contributed by atoms with E-state index >= 15 is 0 Å². The van der Waals surface area contributed by atoms with E-state index in [0.717, 1.165) is 0 Å². The highest BCUT2D eigenvalue weighted by atomic mass is 19.1. The van der Waals surface area contributed by atoms with Crippen LogP contribution in [0.4, 0.5) is 21.5 Å². The molecule has 0 aliphatic rings. The Labute approximate surface area is 207 Å². The van der Waals surface area contributed by atoms with Crippen LogP contribution in [0.2, 0.25) is 0 Å². The fourth-order valence-corrected chi connectivity index (χ4v) is 4.32. The molecule has 36 heavy (non-hydrogen) atoms. The van der Waals surface area contributed by atoms with E-state index in [4.69, 9.17) is 0 Å². The third kappa shape index (κ3) is 4.70. The highest BCUT2D eigenvalue weighted by Gasteiger charge is 2.29. The maximum Gasteiger partial charge on any atom is 0.336 e. The Morgan fingerprint density at radius 3 is 2.31 bits per heavy atom. The van der Waals surface area contributed by atoms with Gasteiger partial charge < -0.3 is 15.7 Å². The van der Waals surface area contributed by atoms with Gasteiger partial charge in [0.2, 0.25) is 5.91 Å². The van der Waals surface area contributed by atoms with E-state index in [1.54, 1.807) is 36.4 Å². The molecule has 4 aromatic rings. The summed E-state index contributed by atoms with van der Waals surface area (Å²) >= 11 is 0. The second-order valence-corrected chi connectivity index (χ2v) is 9.50. The van der Waals surface area contributed by atoms with E-state index in [1.807, 2.05) is 20.8 Å². The van der Waals surface area contributed by atoms with Gasteiger partial charge in [0.05, 0.1) is 28.0 Å². The van der Waals surface area contributed by atoms with Crippen molar-refractivity contribution < 1.29 is 23.9 Å². The number of carboxylic acids is 1. The second-order valence-electron chi connectivity index (χ2n) is 9.50. The zero-order chi connectivity index (χ0) is 26.2. The van der Waals surface area contributed by atoms with Crippen molar-refractivity contribution in [2.24, 2.45) is 0 Å². The number of rotatable bonds is 5. The average Bonchev–Trinajstić information content (AvgIpc) is 3.19. The van der Waals surface area contributed by atoms with Crippen molar-refractivity contribution in [2.75, 3.05) is 10.6 Å². The number of nitrogens with one attached hydrogen (secondary N) is 2. The molecule has 8 heteroatoms. The molecule has 0 fully saturated rings. The van der Waals surface area contributed by atoms with Crippen LogP contribution in [0.3, 0.4) is 0 Å². The van der Waals surface area contributed by atoms with Gasteiger partial charge in [-0.25, -0.2) is 9.18 Å². The van der Waals surface area contributed by atoms with E-state index < -0.39 is 23.1 Å². The minimum Gasteiger partial charge on any atom is -0.478 e. The number of aromatic nitrogens is 1. The number of amides is 1. The number of carboxylic acid groups (broad SMARTS) is 1. The van der Waals surface area contributed by atoms with Crippen molar-refractivity contribution >= 4 is 45.7 Å². The summed E-state index contributed by atoms with van der Waals surface area (Å²) in [5, 5.41) is 16.5. The molecule has 0 aliphatic heterocycles. The normalized spacial score (nSPS) is 11.4. The summed E-state index contributed by atoms with van der Waals surface area (Å²) in [6.07, 6.45) is 1.47. The van der Waals surface area contributed by atoms with E-state index in [9.17, 15) is 23.9 Å². The van der Waals surface area contributed by atoms with Crippen LogP contribution in [0, 0.1) is 5.82 Å². The lowest BCUT2D eigenvalue weighted by Gasteiger charge is -2.27. The molecule has 3 aromatic carbocycles. The molecule has 0 aliphatic carbocycles. The van der Waals surface area contributed by atoms with Crippen LogP contribution in [0.25, 0.3) is 10.9 Å². The van der Waals surface area contributed by atoms with Gasteiger partial charge in [-0.15, -0.1) is 0 Å². The van der Waals surface area contributed by atoms with Crippen molar-refractivity contribution in [3.63, 3.8) is 0 Å². The fraction of sp³-hybridized carbons (Fsp3) is 0.179. The van der Waals surface area contributed by atoms with Crippen LogP contribution in [-0.4, -0.2) is 27.5 Å². The first-order chi connectivity index (χ1) is 17.0. The zero-order valence-corrected chi connectivity index (χ0v) is 20.3. The molecule has 3 N–H and O–H groups in total. The summed E-state index contributed by atoms with van der Waals surface area (Å²) < 4.78 is 15.2. The summed E-state index contributed by atoms with van der Waals surface area (Å²) in [7, 11) is 0. The quantitative estimate of drug-likeness (QED) is 0.301. The number of anilines is 3. The Morgan fingerprint density at radius 2 is 1.67 bits per heavy atom. The highest BCUT2D eigenvalue weighted by molar-refractivity contribution is 6.16. The zero-order valence-electron chi connectivity index (χ0n) is 20.3. The highest BCUT2D eigenvalue weighted by Crippen LogP contribution is 2.40. The summed E-state index contributed by atoms with van der Waals surface area (Å²) in [6.45, 7) is 6.94. The lowest BCUT2D eigenvalue weighted by Crippen LogP contribution is -2.23. The Hall–Kier alpha value is -4.46. The first-order valence-electron chi connectivity index (χ1n) is 11.3. The fourth-order valence-electron chi connectivity index (χ4n) is 4.32. The van der Waals surface area contributed by atoms with Gasteiger partial charge in [-0.05, 0) is 47.4 Å². The van der Waals surface area contributed by atoms with Crippen LogP contribution in [0.1, 0.15) is 58.8 Å². The number of aromatic carboxylic acids is 1. The lowest BCUT2D eigenvalue weighted by atomic mass is 9.81. The van der Waals surface area contributed by atoms with Crippen molar-refractivity contribution in [2.45, 2.75) is 33.1 Å². The number of fused-ring (bicyclic) bond motifs is 1. The molecule has 0 saturated heterocycles. The van der Waals surface area contributed by atoms with Crippen LogP contribution >= 0.6 is 0 Å². The van der Waals surface area contributed by atoms with Gasteiger partial charge in [0.1, 0.15) is 5.82 Å². The van der Waals surface area contributed by atoms with Crippen molar-refractivity contribution in [3.8, 4) is 0 Å². The smallest absolute Gasteiger partial charge is 0.336 e. The SMILES string of the molecule is CC(=O)n1cc(C(=O)Nc2c(Nc3cccc(F)c3)ccc(C(=O)O)c2C(C)(C)C)c2ccccc21. The molecule has 0 radical (unpaired) electrons. The number of hydrogen-bond acceptors (Lipinski definition) is 4. The molecule has 0 unspecified atom stereocenters. The van der Waals surface area contributed by atoms with E-state index in [2.05, 4.69) is 10.6 Å². The number of halogens is 1. The van der Waals surface area contributed by atoms with Crippen molar-refractivity contribution in [3.05, 3.63) is 89.4 Å². The van der Waals surface area contributed by atoms with E-state index in [1.165, 1.54) is 42.0 Å². The van der Waals surface area contributed by atoms with E-state index in [0.29, 0.717) is 27.8 Å². The number of carbonyl (C=O) groups excluding carboxylic acids is 2. The molecule has 0 saturated carbocycles. The predicted molar refractivity (Wildman–Crippen MR) is 138 cm³/mol. The van der Waals surface area contributed by atoms with E-state index in [-0.39, 0.29) is 22.7 Å². The number of carbonyl (C=O) groups is 3. The van der Waals surface area contributed by atoms with Crippen LogP contribution < -0.4 is 10.6 Å². The summed E-state index contributed by atoms with van der Waals surface area (Å²) in [5.74, 6) is -2.34. The van der Waals surface area contributed by atoms with Crippen LogP contribution in [0.15, 0.2) is 66.9 Å². The first-order valence-corrected chi connectivity index (χ1v) is 11.3. The molecule has 0 atom stereocenters. The monoisotopic (exact) mass is 487 g/mol. The van der Waals surface area contributed by atoms with Gasteiger partial charge in [0.25, 0.3) is 5.91 Å². The molecule has 0 spiro atoms. The Morgan fingerprint density at radius 1 is 0.944 bits per heavy atom. The average molecular weight is 488 g/mol. The minimum atomic E-state index is -1.14. The molecule has 184 valence electrons. The Bertz CT molecular complexity index is 1520. The van der Waals surface area contributed by atoms with Crippen molar-refractivity contribution in [1.82, 2.24) is 4.57 Å². The van der Waals surface area contributed by atoms with Crippen LogP contribution in [0.5, 0.6) is 0 Å². The molecule has 0 bridgehead atoms. The Kier molecular flexibility index (Phi) is 6.37. The predicted octanol–water partition coefficient (Wildman–Crippen LogP) is 6.43. The summed E-state index contributed by atoms with van der Waals surface area (Å²) in [5.41, 5.74) is 1.70. The molecule has 1 amide bonds.